The van der Waals surface area contributed by atoms with E-state index >= 15 is 0 Å². The van der Waals surface area contributed by atoms with Gasteiger partial charge in [0.1, 0.15) is 18.4 Å². The lowest BCUT2D eigenvalue weighted by Crippen LogP contribution is -2.74. The summed E-state index contributed by atoms with van der Waals surface area (Å²) >= 11 is 0. The van der Waals surface area contributed by atoms with Crippen molar-refractivity contribution >= 4 is 0 Å². The average Bonchev–Trinajstić information content (AvgIpc) is 3.48. The number of aliphatic hydroxyl groups is 1. The van der Waals surface area contributed by atoms with E-state index in [2.05, 4.69) is 29.4 Å². The topological polar surface area (TPSA) is 128 Å². The zero-order valence-corrected chi connectivity index (χ0v) is 22.1. The van der Waals surface area contributed by atoms with Crippen LogP contribution in [0, 0.1) is 18.3 Å². The molecule has 204 valence electrons. The predicted molar refractivity (Wildman–Crippen MR) is 138 cm³/mol. The maximum atomic E-state index is 11.4. The highest BCUT2D eigenvalue weighted by Gasteiger charge is 2.69. The van der Waals surface area contributed by atoms with Crippen LogP contribution in [-0.4, -0.2) is 70.4 Å². The molecule has 0 spiro atoms. The van der Waals surface area contributed by atoms with E-state index < -0.39 is 17.6 Å². The number of piperazine rings is 1. The predicted octanol–water partition coefficient (Wildman–Crippen LogP) is 2.92. The molecule has 5 heterocycles. The van der Waals surface area contributed by atoms with E-state index in [1.54, 1.807) is 12.1 Å². The standard InChI is InChI=1S/C29H31N3O7/c1-5-6-37-25-13(2)26-28(39-12-38-26)21-14(25)7-16-23-22-15(8-20(34)27(36-4)24(22)35)29(3)9-17(32(23)29)18(10-30)31(16)19(21)11-33/h5,8,16-19,23,33-35H,1,6-7,9,11-12H2,2-4H3/t16-,17-,18-,19-,23-,29?/m0/s1. The Labute approximate surface area is 226 Å². The van der Waals surface area contributed by atoms with Gasteiger partial charge >= 0.3 is 0 Å². The van der Waals surface area contributed by atoms with Gasteiger partial charge in [0.05, 0.1) is 31.9 Å². The van der Waals surface area contributed by atoms with Gasteiger partial charge in [-0.1, -0.05) is 12.7 Å². The molecule has 7 rings (SSSR count). The smallest absolute Gasteiger partial charge is 0.231 e. The normalized spacial score (nSPS) is 31.3. The average molecular weight is 534 g/mol. The highest BCUT2D eigenvalue weighted by Crippen LogP contribution is 2.68. The molecule has 3 N–H and O–H groups in total. The Hall–Kier alpha value is -3.65. The zero-order chi connectivity index (χ0) is 27.4. The molecule has 0 aliphatic carbocycles. The van der Waals surface area contributed by atoms with Crippen LogP contribution in [0.4, 0.5) is 0 Å². The van der Waals surface area contributed by atoms with Gasteiger partial charge in [0.25, 0.3) is 0 Å². The summed E-state index contributed by atoms with van der Waals surface area (Å²) in [4.78, 5) is 4.42. The number of ether oxygens (including phenoxy) is 4. The minimum Gasteiger partial charge on any atom is -0.504 e. The third kappa shape index (κ3) is 2.80. The minimum absolute atomic E-state index is 0.0366. The summed E-state index contributed by atoms with van der Waals surface area (Å²) in [6, 6.07) is 2.46. The van der Waals surface area contributed by atoms with Gasteiger partial charge in [0, 0.05) is 39.9 Å². The van der Waals surface area contributed by atoms with Crippen molar-refractivity contribution in [3.05, 3.63) is 46.5 Å². The first-order valence-corrected chi connectivity index (χ1v) is 13.2. The number of phenolic OH excluding ortho intramolecular Hbond substituents is 2. The number of fused-ring (bicyclic) bond motifs is 8. The lowest BCUT2D eigenvalue weighted by molar-refractivity contribution is -0.182. The molecule has 2 fully saturated rings. The highest BCUT2D eigenvalue weighted by molar-refractivity contribution is 5.68. The summed E-state index contributed by atoms with van der Waals surface area (Å²) in [5.41, 5.74) is 3.59. The van der Waals surface area contributed by atoms with E-state index in [1.807, 2.05) is 6.92 Å². The Bertz CT molecular complexity index is 1470. The van der Waals surface area contributed by atoms with Gasteiger partial charge in [-0.15, -0.1) is 0 Å². The van der Waals surface area contributed by atoms with E-state index in [0.29, 0.717) is 42.3 Å². The SMILES string of the molecule is C=CCOc1c(C)c2c(c3c1C[C@H]1[C@H]4c5c(cc(O)c(OC)c5O)C5(C)C[C@@H]([C@H](C#N)N1[C@H]3CO)N45)OCO2. The van der Waals surface area contributed by atoms with Crippen molar-refractivity contribution in [3.63, 3.8) is 0 Å². The molecule has 0 aromatic heterocycles. The van der Waals surface area contributed by atoms with Crippen molar-refractivity contribution in [1.29, 1.82) is 5.26 Å². The van der Waals surface area contributed by atoms with E-state index in [-0.39, 0.29) is 48.8 Å². The van der Waals surface area contributed by atoms with Crippen molar-refractivity contribution in [2.75, 3.05) is 27.1 Å². The van der Waals surface area contributed by atoms with Crippen LogP contribution in [0.2, 0.25) is 0 Å². The maximum absolute atomic E-state index is 11.4. The molecule has 0 bridgehead atoms. The van der Waals surface area contributed by atoms with Crippen LogP contribution in [0.1, 0.15) is 53.2 Å². The summed E-state index contributed by atoms with van der Waals surface area (Å²) in [7, 11) is 1.42. The summed E-state index contributed by atoms with van der Waals surface area (Å²) < 4.78 is 23.4. The fourth-order valence-corrected chi connectivity index (χ4v) is 8.15. The van der Waals surface area contributed by atoms with Gasteiger partial charge in [-0.3, -0.25) is 9.80 Å². The van der Waals surface area contributed by atoms with Gasteiger partial charge in [0.15, 0.2) is 23.0 Å². The van der Waals surface area contributed by atoms with Crippen LogP contribution < -0.4 is 18.9 Å². The second-order valence-corrected chi connectivity index (χ2v) is 11.1. The largest absolute Gasteiger partial charge is 0.504 e. The molecule has 2 saturated heterocycles. The number of methoxy groups -OCH3 is 1. The van der Waals surface area contributed by atoms with Gasteiger partial charge in [-0.05, 0) is 38.3 Å². The number of nitriles is 1. The molecule has 10 nitrogen and oxygen atoms in total. The molecule has 0 amide bonds. The van der Waals surface area contributed by atoms with E-state index in [4.69, 9.17) is 18.9 Å². The molecule has 5 aliphatic heterocycles. The van der Waals surface area contributed by atoms with Crippen LogP contribution >= 0.6 is 0 Å². The van der Waals surface area contributed by atoms with Crippen LogP contribution in [0.3, 0.4) is 0 Å². The van der Waals surface area contributed by atoms with E-state index in [0.717, 1.165) is 22.3 Å². The molecule has 39 heavy (non-hydrogen) atoms. The fraction of sp³-hybridized carbons (Fsp3) is 0.483. The molecular weight excluding hydrogens is 502 g/mol. The van der Waals surface area contributed by atoms with Crippen LogP contribution in [0.15, 0.2) is 18.7 Å². The van der Waals surface area contributed by atoms with Crippen LogP contribution in [0.25, 0.3) is 0 Å². The molecule has 2 aromatic carbocycles. The minimum atomic E-state index is -0.551. The number of phenols is 2. The van der Waals surface area contributed by atoms with Crippen LogP contribution in [-0.2, 0) is 12.0 Å². The Kier molecular flexibility index (Phi) is 5.12. The summed E-state index contributed by atoms with van der Waals surface area (Å²) in [6.45, 7) is 7.94. The summed E-state index contributed by atoms with van der Waals surface area (Å²) in [6.07, 6.45) is 2.84. The number of rotatable bonds is 5. The highest BCUT2D eigenvalue weighted by atomic mass is 16.7. The molecule has 1 unspecified atom stereocenters. The third-order valence-corrected chi connectivity index (χ3v) is 9.52. The first-order valence-electron chi connectivity index (χ1n) is 13.2. The number of aliphatic hydroxyl groups excluding tert-OH is 1. The van der Waals surface area contributed by atoms with Crippen molar-refractivity contribution in [1.82, 2.24) is 9.80 Å². The Morgan fingerprint density at radius 3 is 2.69 bits per heavy atom. The molecule has 5 aliphatic rings. The molecule has 2 aromatic rings. The first kappa shape index (κ1) is 24.4. The number of hydrogen-bond acceptors (Lipinski definition) is 10. The number of aromatic hydroxyl groups is 2. The summed E-state index contributed by atoms with van der Waals surface area (Å²) in [5.74, 6) is 1.69. The Morgan fingerprint density at radius 2 is 2.00 bits per heavy atom. The van der Waals surface area contributed by atoms with Crippen molar-refractivity contribution in [3.8, 4) is 40.6 Å². The number of hydrogen-bond donors (Lipinski definition) is 3. The second-order valence-electron chi connectivity index (χ2n) is 11.1. The van der Waals surface area contributed by atoms with Crippen molar-refractivity contribution in [2.24, 2.45) is 0 Å². The third-order valence-electron chi connectivity index (χ3n) is 9.52. The fourth-order valence-electron chi connectivity index (χ4n) is 8.15. The summed E-state index contributed by atoms with van der Waals surface area (Å²) in [5, 5.41) is 43.5. The number of benzene rings is 2. The lowest BCUT2D eigenvalue weighted by atomic mass is 9.70. The molecular formula is C29H31N3O7. The molecule has 0 saturated carbocycles. The van der Waals surface area contributed by atoms with E-state index in [1.165, 1.54) is 7.11 Å². The zero-order valence-electron chi connectivity index (χ0n) is 22.1. The first-order chi connectivity index (χ1) is 18.8. The Morgan fingerprint density at radius 1 is 1.23 bits per heavy atom. The maximum Gasteiger partial charge on any atom is 0.231 e. The number of nitrogens with zero attached hydrogens (tertiary/aromatic N) is 3. The van der Waals surface area contributed by atoms with Crippen LogP contribution in [0.5, 0.6) is 34.5 Å². The monoisotopic (exact) mass is 533 g/mol. The van der Waals surface area contributed by atoms with Gasteiger partial charge in [0.2, 0.25) is 12.5 Å². The molecule has 6 atom stereocenters. The van der Waals surface area contributed by atoms with Gasteiger partial charge < -0.3 is 34.3 Å². The van der Waals surface area contributed by atoms with Crippen molar-refractivity contribution < 1.29 is 34.3 Å². The Balaban J connectivity index is 1.48. The second kappa shape index (κ2) is 8.18. The quantitative estimate of drug-likeness (QED) is 0.494. The van der Waals surface area contributed by atoms with Gasteiger partial charge in [-0.25, -0.2) is 0 Å². The van der Waals surface area contributed by atoms with Gasteiger partial charge in [-0.2, -0.15) is 5.26 Å². The molecule has 10 heteroatoms. The van der Waals surface area contributed by atoms with E-state index in [9.17, 15) is 20.6 Å². The lowest BCUT2D eigenvalue weighted by Gasteiger charge is -2.65. The molecule has 0 radical (unpaired) electrons. The van der Waals surface area contributed by atoms with Crippen molar-refractivity contribution in [2.45, 2.75) is 62.4 Å².